The first-order chi connectivity index (χ1) is 9.84. The Bertz CT molecular complexity index is 569. The van der Waals surface area contributed by atoms with Crippen molar-refractivity contribution in [1.29, 1.82) is 0 Å². The van der Waals surface area contributed by atoms with E-state index < -0.39 is 17.4 Å². The molecule has 1 amide bonds. The summed E-state index contributed by atoms with van der Waals surface area (Å²) in [6.45, 7) is 2.08. The minimum Gasteiger partial charge on any atom is -0.480 e. The molecule has 1 fully saturated rings. The Balaban J connectivity index is 2.21. The summed E-state index contributed by atoms with van der Waals surface area (Å²) < 4.78 is 0. The van der Waals surface area contributed by atoms with Gasteiger partial charge in [-0.25, -0.2) is 9.78 Å². The van der Waals surface area contributed by atoms with Crippen molar-refractivity contribution in [1.82, 2.24) is 10.3 Å². The van der Waals surface area contributed by atoms with Crippen LogP contribution in [0.5, 0.6) is 0 Å². The number of pyridine rings is 1. The summed E-state index contributed by atoms with van der Waals surface area (Å²) in [4.78, 5) is 27.7. The summed E-state index contributed by atoms with van der Waals surface area (Å²) in [5.74, 6) is -1.09. The van der Waals surface area contributed by atoms with Gasteiger partial charge >= 0.3 is 5.97 Å². The molecule has 0 saturated heterocycles. The van der Waals surface area contributed by atoms with E-state index in [2.05, 4.69) is 17.2 Å². The lowest BCUT2D eigenvalue weighted by Crippen LogP contribution is -2.56. The number of hydrogen-bond acceptors (Lipinski definition) is 3. The molecule has 21 heavy (non-hydrogen) atoms. The second-order valence-corrected chi connectivity index (χ2v) is 6.24. The van der Waals surface area contributed by atoms with Gasteiger partial charge in [0.05, 0.1) is 5.56 Å². The van der Waals surface area contributed by atoms with Gasteiger partial charge < -0.3 is 10.4 Å². The number of aromatic nitrogens is 1. The van der Waals surface area contributed by atoms with Crippen LogP contribution in [0.4, 0.5) is 0 Å². The Morgan fingerprint density at radius 3 is 2.48 bits per heavy atom. The quantitative estimate of drug-likeness (QED) is 0.834. The number of carboxylic acid groups (broad SMARTS) is 1. The van der Waals surface area contributed by atoms with E-state index in [-0.39, 0.29) is 15.9 Å². The Morgan fingerprint density at radius 1 is 1.33 bits per heavy atom. The van der Waals surface area contributed by atoms with Crippen molar-refractivity contribution in [2.75, 3.05) is 0 Å². The molecule has 2 rings (SSSR count). The highest BCUT2D eigenvalue weighted by Crippen LogP contribution is 2.32. The third-order valence-corrected chi connectivity index (χ3v) is 4.45. The van der Waals surface area contributed by atoms with E-state index in [4.69, 9.17) is 23.2 Å². The first-order valence-corrected chi connectivity index (χ1v) is 7.47. The first-order valence-electron chi connectivity index (χ1n) is 6.72. The van der Waals surface area contributed by atoms with Crippen LogP contribution in [0.15, 0.2) is 12.1 Å². The molecule has 0 atom stereocenters. The summed E-state index contributed by atoms with van der Waals surface area (Å²) in [6.07, 6.45) is 2.35. The van der Waals surface area contributed by atoms with E-state index in [9.17, 15) is 14.7 Å². The van der Waals surface area contributed by atoms with Crippen LogP contribution in [-0.2, 0) is 4.79 Å². The smallest absolute Gasteiger partial charge is 0.329 e. The number of amides is 1. The lowest BCUT2D eigenvalue weighted by Gasteiger charge is -2.36. The Hall–Kier alpha value is -1.33. The highest BCUT2D eigenvalue weighted by Gasteiger charge is 2.42. The highest BCUT2D eigenvalue weighted by atomic mass is 35.5. The summed E-state index contributed by atoms with van der Waals surface area (Å²) >= 11 is 11.6. The molecule has 0 bridgehead atoms. The standard InChI is InChI=1S/C14H16Cl2N2O3/c1-8-4-6-14(7-5-8,13(20)21)18-12(19)9-2-3-10(15)17-11(9)16/h2-3,8H,4-7H2,1H3,(H,18,19)(H,20,21). The van der Waals surface area contributed by atoms with E-state index >= 15 is 0 Å². The predicted molar refractivity (Wildman–Crippen MR) is 79.7 cm³/mol. The maximum absolute atomic E-state index is 12.3. The van der Waals surface area contributed by atoms with Gasteiger partial charge in [-0.3, -0.25) is 4.79 Å². The van der Waals surface area contributed by atoms with E-state index in [0.29, 0.717) is 18.8 Å². The van der Waals surface area contributed by atoms with Crippen LogP contribution in [0, 0.1) is 5.92 Å². The SMILES string of the molecule is CC1CCC(NC(=O)c2ccc(Cl)nc2Cl)(C(=O)O)CC1. The minimum atomic E-state index is -1.23. The molecule has 0 unspecified atom stereocenters. The van der Waals surface area contributed by atoms with Crippen LogP contribution in [0.1, 0.15) is 43.0 Å². The van der Waals surface area contributed by atoms with Gasteiger partial charge in [0.25, 0.3) is 5.91 Å². The molecule has 1 heterocycles. The molecule has 0 spiro atoms. The molecule has 114 valence electrons. The Kier molecular flexibility index (Phi) is 4.74. The minimum absolute atomic E-state index is 0.0373. The van der Waals surface area contributed by atoms with Gasteiger partial charge in [0, 0.05) is 0 Å². The van der Waals surface area contributed by atoms with Crippen molar-refractivity contribution in [2.45, 2.75) is 38.1 Å². The van der Waals surface area contributed by atoms with Crippen molar-refractivity contribution < 1.29 is 14.7 Å². The van der Waals surface area contributed by atoms with Gasteiger partial charge in [-0.2, -0.15) is 0 Å². The van der Waals surface area contributed by atoms with Crippen LogP contribution in [0.3, 0.4) is 0 Å². The molecule has 5 nitrogen and oxygen atoms in total. The summed E-state index contributed by atoms with van der Waals surface area (Å²) in [6, 6.07) is 2.88. The number of nitrogens with one attached hydrogen (secondary N) is 1. The zero-order valence-electron chi connectivity index (χ0n) is 11.5. The molecule has 0 aliphatic heterocycles. The fourth-order valence-corrected chi connectivity index (χ4v) is 2.94. The van der Waals surface area contributed by atoms with Gasteiger partial charge in [0.2, 0.25) is 0 Å². The molecule has 1 aliphatic carbocycles. The number of carbonyl (C=O) groups excluding carboxylic acids is 1. The molecular weight excluding hydrogens is 315 g/mol. The second-order valence-electron chi connectivity index (χ2n) is 5.50. The molecule has 1 saturated carbocycles. The van der Waals surface area contributed by atoms with E-state index in [1.54, 1.807) is 0 Å². The maximum atomic E-state index is 12.3. The molecular formula is C14H16Cl2N2O3. The highest BCUT2D eigenvalue weighted by molar-refractivity contribution is 6.34. The normalized spacial score (nSPS) is 25.4. The Morgan fingerprint density at radius 2 is 1.95 bits per heavy atom. The van der Waals surface area contributed by atoms with Gasteiger partial charge in [0.1, 0.15) is 15.8 Å². The number of carboxylic acids is 1. The molecule has 1 aromatic rings. The lowest BCUT2D eigenvalue weighted by molar-refractivity contribution is -0.146. The van der Waals surface area contributed by atoms with Gasteiger partial charge in [-0.15, -0.1) is 0 Å². The first kappa shape index (κ1) is 16.0. The number of nitrogens with zero attached hydrogens (tertiary/aromatic N) is 1. The predicted octanol–water partition coefficient (Wildman–Crippen LogP) is 3.15. The Labute approximate surface area is 132 Å². The van der Waals surface area contributed by atoms with Gasteiger partial charge in [-0.1, -0.05) is 30.1 Å². The number of halogens is 2. The monoisotopic (exact) mass is 330 g/mol. The average molecular weight is 331 g/mol. The van der Waals surface area contributed by atoms with Crippen LogP contribution in [-0.4, -0.2) is 27.5 Å². The van der Waals surface area contributed by atoms with Crippen LogP contribution < -0.4 is 5.32 Å². The molecule has 1 aromatic heterocycles. The molecule has 0 radical (unpaired) electrons. The van der Waals surface area contributed by atoms with Crippen molar-refractivity contribution in [3.63, 3.8) is 0 Å². The zero-order valence-corrected chi connectivity index (χ0v) is 13.0. The largest absolute Gasteiger partial charge is 0.480 e. The van der Waals surface area contributed by atoms with Gasteiger partial charge in [-0.05, 0) is 43.7 Å². The van der Waals surface area contributed by atoms with Gasteiger partial charge in [0.15, 0.2) is 0 Å². The van der Waals surface area contributed by atoms with Crippen molar-refractivity contribution in [3.8, 4) is 0 Å². The van der Waals surface area contributed by atoms with E-state index in [1.165, 1.54) is 12.1 Å². The van der Waals surface area contributed by atoms with Crippen LogP contribution in [0.2, 0.25) is 10.3 Å². The topological polar surface area (TPSA) is 79.3 Å². The van der Waals surface area contributed by atoms with E-state index in [1.807, 2.05) is 0 Å². The number of carbonyl (C=O) groups is 2. The number of aliphatic carboxylic acids is 1. The van der Waals surface area contributed by atoms with Crippen LogP contribution in [0.25, 0.3) is 0 Å². The number of rotatable bonds is 3. The molecule has 1 aliphatic rings. The summed E-state index contributed by atoms with van der Waals surface area (Å²) in [7, 11) is 0. The summed E-state index contributed by atoms with van der Waals surface area (Å²) in [5, 5.41) is 12.3. The average Bonchev–Trinajstić information content (AvgIpc) is 2.41. The molecule has 0 aromatic carbocycles. The zero-order chi connectivity index (χ0) is 15.6. The van der Waals surface area contributed by atoms with Crippen molar-refractivity contribution in [2.24, 2.45) is 5.92 Å². The molecule has 7 heteroatoms. The fraction of sp³-hybridized carbons (Fsp3) is 0.500. The van der Waals surface area contributed by atoms with E-state index in [0.717, 1.165) is 12.8 Å². The summed E-state index contributed by atoms with van der Waals surface area (Å²) in [5.41, 5.74) is -1.10. The number of hydrogen-bond donors (Lipinski definition) is 2. The van der Waals surface area contributed by atoms with Crippen molar-refractivity contribution >= 4 is 35.1 Å². The third-order valence-electron chi connectivity index (χ3n) is 3.95. The fourth-order valence-electron chi connectivity index (χ4n) is 2.51. The van der Waals surface area contributed by atoms with Crippen molar-refractivity contribution in [3.05, 3.63) is 28.0 Å². The molecule has 2 N–H and O–H groups in total. The third kappa shape index (κ3) is 3.47. The van der Waals surface area contributed by atoms with Crippen LogP contribution >= 0.6 is 23.2 Å². The lowest BCUT2D eigenvalue weighted by atomic mass is 9.77. The second kappa shape index (κ2) is 6.20. The maximum Gasteiger partial charge on any atom is 0.329 e.